The zero-order valence-electron chi connectivity index (χ0n) is 19.0. The fraction of sp³-hybridized carbons (Fsp3) is 0.192. The van der Waals surface area contributed by atoms with Crippen LogP contribution in [-0.2, 0) is 14.2 Å². The predicted molar refractivity (Wildman–Crippen MR) is 125 cm³/mol. The van der Waals surface area contributed by atoms with Gasteiger partial charge in [0.15, 0.2) is 0 Å². The van der Waals surface area contributed by atoms with E-state index in [1.165, 1.54) is 72.8 Å². The minimum absolute atomic E-state index is 0.0430. The average Bonchev–Trinajstić information content (AvgIpc) is 2.89. The summed E-state index contributed by atoms with van der Waals surface area (Å²) in [5.74, 6) is -2.46. The highest BCUT2D eigenvalue weighted by Crippen LogP contribution is 2.23. The highest BCUT2D eigenvalue weighted by atomic mass is 16.6. The molecular formula is C26H24O10. The Bertz CT molecular complexity index is 1040. The molecule has 0 aliphatic rings. The van der Waals surface area contributed by atoms with Gasteiger partial charge < -0.3 is 34.6 Å². The quantitative estimate of drug-likeness (QED) is 0.243. The van der Waals surface area contributed by atoms with Crippen LogP contribution in [0.25, 0.3) is 0 Å². The van der Waals surface area contributed by atoms with E-state index in [-0.39, 0.29) is 33.9 Å². The maximum absolute atomic E-state index is 12.5. The van der Waals surface area contributed by atoms with Gasteiger partial charge in [-0.15, -0.1) is 0 Å². The smallest absolute Gasteiger partial charge is 0.338 e. The molecule has 0 aliphatic heterocycles. The lowest BCUT2D eigenvalue weighted by Crippen LogP contribution is -2.42. The van der Waals surface area contributed by atoms with E-state index >= 15 is 0 Å². The van der Waals surface area contributed by atoms with Gasteiger partial charge in [-0.2, -0.15) is 0 Å². The number of hydrogen-bond acceptors (Lipinski definition) is 10. The zero-order valence-corrected chi connectivity index (χ0v) is 19.0. The minimum atomic E-state index is -1.51. The third-order valence-electron chi connectivity index (χ3n) is 5.17. The maximum Gasteiger partial charge on any atom is 0.338 e. The number of benzene rings is 3. The van der Waals surface area contributed by atoms with Gasteiger partial charge in [0.2, 0.25) is 0 Å². The molecule has 0 heterocycles. The van der Waals surface area contributed by atoms with Gasteiger partial charge in [0.05, 0.1) is 28.7 Å². The molecule has 0 saturated carbocycles. The summed E-state index contributed by atoms with van der Waals surface area (Å²) in [5.41, 5.74) is -1.13. The number of hydrogen-bond donors (Lipinski definition) is 4. The Labute approximate surface area is 205 Å². The van der Waals surface area contributed by atoms with Crippen LogP contribution < -0.4 is 0 Å². The Balaban J connectivity index is 1.73. The van der Waals surface area contributed by atoms with Gasteiger partial charge >= 0.3 is 17.9 Å². The minimum Gasteiger partial charge on any atom is -0.508 e. The molecule has 0 bridgehead atoms. The molecule has 10 heteroatoms. The summed E-state index contributed by atoms with van der Waals surface area (Å²) in [6.45, 7) is -2.11. The number of aliphatic hydroxyl groups excluding tert-OH is 1. The molecule has 188 valence electrons. The normalized spacial score (nSPS) is 10.9. The lowest BCUT2D eigenvalue weighted by Gasteiger charge is -2.30. The molecule has 0 saturated heterocycles. The summed E-state index contributed by atoms with van der Waals surface area (Å²) in [6, 6.07) is 15.8. The summed E-state index contributed by atoms with van der Waals surface area (Å²) in [5, 5.41) is 38.3. The summed E-state index contributed by atoms with van der Waals surface area (Å²) in [7, 11) is 0. The van der Waals surface area contributed by atoms with Crippen molar-refractivity contribution in [3.63, 3.8) is 0 Å². The van der Waals surface area contributed by atoms with Gasteiger partial charge in [0, 0.05) is 0 Å². The standard InChI is InChI=1S/C26H24O10/c27-13-26(14-34-23(31)17-1-7-20(28)8-2-17,15-35-24(32)18-3-9-21(29)10-4-18)16-36-25(33)19-5-11-22(30)12-6-19/h1-12,27-30H,13-16H2. The number of phenols is 3. The van der Waals surface area contributed by atoms with Crippen LogP contribution in [0.15, 0.2) is 72.8 Å². The van der Waals surface area contributed by atoms with Crippen LogP contribution in [0.2, 0.25) is 0 Å². The number of rotatable bonds is 10. The highest BCUT2D eigenvalue weighted by molar-refractivity contribution is 5.90. The first-order chi connectivity index (χ1) is 17.2. The van der Waals surface area contributed by atoms with E-state index in [1.54, 1.807) is 0 Å². The Morgan fingerprint density at radius 3 is 1.00 bits per heavy atom. The number of carbonyl (C=O) groups is 3. The fourth-order valence-corrected chi connectivity index (χ4v) is 2.96. The summed E-state index contributed by atoms with van der Waals surface area (Å²) in [6.07, 6.45) is 0. The Kier molecular flexibility index (Phi) is 8.48. The van der Waals surface area contributed by atoms with Crippen molar-refractivity contribution >= 4 is 17.9 Å². The molecular weight excluding hydrogens is 472 g/mol. The Hall–Kier alpha value is -4.57. The van der Waals surface area contributed by atoms with Gasteiger partial charge in [0.1, 0.15) is 37.1 Å². The van der Waals surface area contributed by atoms with E-state index in [9.17, 15) is 34.8 Å². The summed E-state index contributed by atoms with van der Waals surface area (Å²) >= 11 is 0. The van der Waals surface area contributed by atoms with Gasteiger partial charge in [0.25, 0.3) is 0 Å². The molecule has 0 amide bonds. The summed E-state index contributed by atoms with van der Waals surface area (Å²) < 4.78 is 15.9. The lowest BCUT2D eigenvalue weighted by molar-refractivity contribution is -0.0587. The molecule has 3 aromatic carbocycles. The molecule has 36 heavy (non-hydrogen) atoms. The average molecular weight is 496 g/mol. The highest BCUT2D eigenvalue weighted by Gasteiger charge is 2.36. The largest absolute Gasteiger partial charge is 0.508 e. The van der Waals surface area contributed by atoms with Crippen LogP contribution in [0.4, 0.5) is 0 Å². The van der Waals surface area contributed by atoms with Crippen molar-refractivity contribution < 1.29 is 49.0 Å². The second-order valence-electron chi connectivity index (χ2n) is 8.03. The second-order valence-corrected chi connectivity index (χ2v) is 8.03. The van der Waals surface area contributed by atoms with Crippen molar-refractivity contribution in [2.75, 3.05) is 26.4 Å². The van der Waals surface area contributed by atoms with Gasteiger partial charge in [-0.25, -0.2) is 14.4 Å². The van der Waals surface area contributed by atoms with E-state index in [1.807, 2.05) is 0 Å². The van der Waals surface area contributed by atoms with E-state index in [0.29, 0.717) is 0 Å². The monoisotopic (exact) mass is 496 g/mol. The first-order valence-electron chi connectivity index (χ1n) is 10.7. The number of aliphatic hydroxyl groups is 1. The fourth-order valence-electron chi connectivity index (χ4n) is 2.96. The molecule has 0 atom stereocenters. The SMILES string of the molecule is O=C(OCC(CO)(COC(=O)c1ccc(O)cc1)COC(=O)c1ccc(O)cc1)c1ccc(O)cc1. The number of aromatic hydroxyl groups is 3. The topological polar surface area (TPSA) is 160 Å². The van der Waals surface area contributed by atoms with Crippen molar-refractivity contribution in [3.8, 4) is 17.2 Å². The van der Waals surface area contributed by atoms with Crippen LogP contribution >= 0.6 is 0 Å². The number of ether oxygens (including phenoxy) is 3. The summed E-state index contributed by atoms with van der Waals surface area (Å²) in [4.78, 5) is 37.4. The van der Waals surface area contributed by atoms with Crippen LogP contribution in [0.3, 0.4) is 0 Å². The zero-order chi connectivity index (χ0) is 26.1. The first kappa shape index (κ1) is 26.0. The van der Waals surface area contributed by atoms with Crippen LogP contribution in [0.1, 0.15) is 31.1 Å². The Morgan fingerprint density at radius 2 is 0.778 bits per heavy atom. The molecule has 0 radical (unpaired) electrons. The molecule has 3 rings (SSSR count). The van der Waals surface area contributed by atoms with Gasteiger partial charge in [-0.05, 0) is 72.8 Å². The third kappa shape index (κ3) is 6.97. The molecule has 4 N–H and O–H groups in total. The van der Waals surface area contributed by atoms with Gasteiger partial charge in [-0.1, -0.05) is 0 Å². The van der Waals surface area contributed by atoms with Crippen molar-refractivity contribution in [1.29, 1.82) is 0 Å². The first-order valence-corrected chi connectivity index (χ1v) is 10.7. The van der Waals surface area contributed by atoms with Crippen LogP contribution in [-0.4, -0.2) is 64.8 Å². The Morgan fingerprint density at radius 1 is 0.528 bits per heavy atom. The number of phenolic OH excluding ortho intramolecular Hbond substituents is 3. The lowest BCUT2D eigenvalue weighted by atomic mass is 9.92. The van der Waals surface area contributed by atoms with E-state index < -0.39 is 49.8 Å². The molecule has 10 nitrogen and oxygen atoms in total. The van der Waals surface area contributed by atoms with Crippen molar-refractivity contribution in [2.45, 2.75) is 0 Å². The third-order valence-corrected chi connectivity index (χ3v) is 5.17. The molecule has 3 aromatic rings. The van der Waals surface area contributed by atoms with E-state index in [4.69, 9.17) is 14.2 Å². The molecule has 0 fully saturated rings. The van der Waals surface area contributed by atoms with Crippen LogP contribution in [0.5, 0.6) is 17.2 Å². The maximum atomic E-state index is 12.5. The molecule has 0 aliphatic carbocycles. The van der Waals surface area contributed by atoms with Gasteiger partial charge in [-0.3, -0.25) is 0 Å². The second kappa shape index (κ2) is 11.7. The number of esters is 3. The molecule has 0 spiro atoms. The van der Waals surface area contributed by atoms with E-state index in [2.05, 4.69) is 0 Å². The predicted octanol–water partition coefficient (Wildman–Crippen LogP) is 2.65. The van der Waals surface area contributed by atoms with Crippen molar-refractivity contribution in [2.24, 2.45) is 5.41 Å². The van der Waals surface area contributed by atoms with Crippen molar-refractivity contribution in [3.05, 3.63) is 89.5 Å². The van der Waals surface area contributed by atoms with E-state index in [0.717, 1.165) is 0 Å². The van der Waals surface area contributed by atoms with Crippen molar-refractivity contribution in [1.82, 2.24) is 0 Å². The molecule has 0 aromatic heterocycles. The molecule has 0 unspecified atom stereocenters. The number of carbonyl (C=O) groups excluding carboxylic acids is 3. The van der Waals surface area contributed by atoms with Crippen LogP contribution in [0, 0.1) is 5.41 Å².